The first kappa shape index (κ1) is 10.5. The molecular formula is C9H18N2O2. The molecular weight excluding hydrogens is 168 g/mol. The first-order valence-corrected chi connectivity index (χ1v) is 4.58. The molecule has 1 rings (SSSR count). The minimum atomic E-state index is -0.565. The van der Waals surface area contributed by atoms with Gasteiger partial charge in [0.05, 0.1) is 17.7 Å². The van der Waals surface area contributed by atoms with Crippen LogP contribution in [0.15, 0.2) is 0 Å². The fourth-order valence-corrected chi connectivity index (χ4v) is 0.984. The lowest BCUT2D eigenvalue weighted by molar-refractivity contribution is -0.127. The quantitative estimate of drug-likeness (QED) is 0.561. The Morgan fingerprint density at radius 1 is 1.54 bits per heavy atom. The molecule has 0 aromatic carbocycles. The van der Waals surface area contributed by atoms with Crippen LogP contribution in [0.1, 0.15) is 26.7 Å². The maximum atomic E-state index is 11.6. The van der Waals surface area contributed by atoms with Gasteiger partial charge in [-0.1, -0.05) is 0 Å². The van der Waals surface area contributed by atoms with E-state index in [2.05, 4.69) is 10.6 Å². The molecule has 0 radical (unpaired) electrons. The fraction of sp³-hybridized carbons (Fsp3) is 0.889. The van der Waals surface area contributed by atoms with Gasteiger partial charge in [0, 0.05) is 0 Å². The summed E-state index contributed by atoms with van der Waals surface area (Å²) in [6.07, 6.45) is 1.77. The summed E-state index contributed by atoms with van der Waals surface area (Å²) in [6, 6.07) is 0. The number of carbonyl (C=O) groups is 1. The lowest BCUT2D eigenvalue weighted by Crippen LogP contribution is -2.55. The lowest BCUT2D eigenvalue weighted by Gasteiger charge is -2.26. The number of hydrogen-bond acceptors (Lipinski definition) is 3. The van der Waals surface area contributed by atoms with Gasteiger partial charge < -0.3 is 15.7 Å². The molecule has 1 aliphatic rings. The Labute approximate surface area is 78.7 Å². The van der Waals surface area contributed by atoms with Crippen LogP contribution in [0.5, 0.6) is 0 Å². The summed E-state index contributed by atoms with van der Waals surface area (Å²) >= 11 is 0. The number of aliphatic hydroxyl groups excluding tert-OH is 1. The van der Waals surface area contributed by atoms with Gasteiger partial charge in [-0.3, -0.25) is 4.79 Å². The maximum Gasteiger partial charge on any atom is 0.240 e. The van der Waals surface area contributed by atoms with Gasteiger partial charge in [-0.25, -0.2) is 0 Å². The van der Waals surface area contributed by atoms with Crippen LogP contribution >= 0.6 is 0 Å². The minimum absolute atomic E-state index is 0.0402. The smallest absolute Gasteiger partial charge is 0.240 e. The third-order valence-electron chi connectivity index (χ3n) is 2.73. The summed E-state index contributed by atoms with van der Waals surface area (Å²) in [7, 11) is 1.75. The predicted molar refractivity (Wildman–Crippen MR) is 50.3 cm³/mol. The number of amides is 1. The van der Waals surface area contributed by atoms with E-state index < -0.39 is 5.54 Å². The van der Waals surface area contributed by atoms with Crippen molar-refractivity contribution in [2.75, 3.05) is 13.7 Å². The molecule has 0 atom stereocenters. The Hall–Kier alpha value is -0.610. The summed E-state index contributed by atoms with van der Waals surface area (Å²) < 4.78 is 0. The van der Waals surface area contributed by atoms with E-state index in [-0.39, 0.29) is 18.1 Å². The number of aliphatic hydroxyl groups is 1. The van der Waals surface area contributed by atoms with Crippen molar-refractivity contribution >= 4 is 5.91 Å². The highest BCUT2D eigenvalue weighted by atomic mass is 16.3. The first-order valence-electron chi connectivity index (χ1n) is 4.58. The molecule has 1 aliphatic carbocycles. The van der Waals surface area contributed by atoms with E-state index in [4.69, 9.17) is 5.11 Å². The normalized spacial score (nSPS) is 19.7. The second-order valence-electron chi connectivity index (χ2n) is 4.27. The highest BCUT2D eigenvalue weighted by molar-refractivity contribution is 5.86. The summed E-state index contributed by atoms with van der Waals surface area (Å²) in [4.78, 5) is 11.6. The summed E-state index contributed by atoms with van der Waals surface area (Å²) in [6.45, 7) is 3.67. The molecule has 1 saturated carbocycles. The number of carbonyl (C=O) groups excluding carboxylic acids is 1. The molecule has 0 aliphatic heterocycles. The molecule has 13 heavy (non-hydrogen) atoms. The Morgan fingerprint density at radius 3 is 2.38 bits per heavy atom. The first-order chi connectivity index (χ1) is 5.96. The lowest BCUT2D eigenvalue weighted by atomic mass is 10.0. The van der Waals surface area contributed by atoms with Crippen LogP contribution < -0.4 is 10.6 Å². The Balaban J connectivity index is 2.50. The molecule has 0 saturated heterocycles. The number of rotatable bonds is 4. The number of nitrogens with one attached hydrogen (secondary N) is 2. The van der Waals surface area contributed by atoms with Crippen molar-refractivity contribution < 1.29 is 9.90 Å². The van der Waals surface area contributed by atoms with Crippen LogP contribution in [0.25, 0.3) is 0 Å². The molecule has 76 valence electrons. The maximum absolute atomic E-state index is 11.6. The van der Waals surface area contributed by atoms with Crippen LogP contribution in [-0.4, -0.2) is 35.7 Å². The van der Waals surface area contributed by atoms with Gasteiger partial charge in [0.25, 0.3) is 0 Å². The van der Waals surface area contributed by atoms with Crippen molar-refractivity contribution in [1.82, 2.24) is 10.6 Å². The molecule has 3 N–H and O–H groups in total. The number of likely N-dealkylation sites (N-methyl/N-ethyl adjacent to an activating group) is 1. The van der Waals surface area contributed by atoms with E-state index in [0.29, 0.717) is 0 Å². The van der Waals surface area contributed by atoms with Gasteiger partial charge in [0.15, 0.2) is 0 Å². The largest absolute Gasteiger partial charge is 0.394 e. The van der Waals surface area contributed by atoms with Gasteiger partial charge in [-0.15, -0.1) is 0 Å². The standard InChI is InChI=1S/C9H18N2O2/c1-8(2,10-3)7(13)11-9(6-12)4-5-9/h10,12H,4-6H2,1-3H3,(H,11,13). The molecule has 4 heteroatoms. The van der Waals surface area contributed by atoms with Crippen molar-refractivity contribution in [3.05, 3.63) is 0 Å². The second-order valence-corrected chi connectivity index (χ2v) is 4.27. The van der Waals surface area contributed by atoms with Crippen LogP contribution in [-0.2, 0) is 4.79 Å². The molecule has 0 aromatic rings. The van der Waals surface area contributed by atoms with Crippen molar-refractivity contribution in [1.29, 1.82) is 0 Å². The van der Waals surface area contributed by atoms with Crippen LogP contribution in [0, 0.1) is 0 Å². The summed E-state index contributed by atoms with van der Waals surface area (Å²) in [5.74, 6) is -0.0541. The Kier molecular flexibility index (Phi) is 2.63. The Bertz CT molecular complexity index is 210. The van der Waals surface area contributed by atoms with E-state index in [1.54, 1.807) is 7.05 Å². The fourth-order valence-electron chi connectivity index (χ4n) is 0.984. The summed E-state index contributed by atoms with van der Waals surface area (Å²) in [5.41, 5.74) is -0.879. The molecule has 0 unspecified atom stereocenters. The molecule has 1 amide bonds. The van der Waals surface area contributed by atoms with E-state index in [9.17, 15) is 4.79 Å². The highest BCUT2D eigenvalue weighted by Gasteiger charge is 2.45. The van der Waals surface area contributed by atoms with Crippen molar-refractivity contribution in [2.24, 2.45) is 0 Å². The van der Waals surface area contributed by atoms with Crippen molar-refractivity contribution in [2.45, 2.75) is 37.8 Å². The zero-order valence-corrected chi connectivity index (χ0v) is 8.48. The topological polar surface area (TPSA) is 61.4 Å². The van der Waals surface area contributed by atoms with E-state index >= 15 is 0 Å². The zero-order chi connectivity index (χ0) is 10.1. The third-order valence-corrected chi connectivity index (χ3v) is 2.73. The second kappa shape index (κ2) is 3.27. The van der Waals surface area contributed by atoms with Crippen molar-refractivity contribution in [3.8, 4) is 0 Å². The van der Waals surface area contributed by atoms with Crippen LogP contribution in [0.3, 0.4) is 0 Å². The molecule has 0 spiro atoms. The van der Waals surface area contributed by atoms with Gasteiger partial charge in [0.2, 0.25) is 5.91 Å². The molecule has 0 bridgehead atoms. The van der Waals surface area contributed by atoms with E-state index in [0.717, 1.165) is 12.8 Å². The van der Waals surface area contributed by atoms with Gasteiger partial charge in [0.1, 0.15) is 0 Å². The average Bonchev–Trinajstić information content (AvgIpc) is 2.85. The van der Waals surface area contributed by atoms with Crippen LogP contribution in [0.4, 0.5) is 0 Å². The zero-order valence-electron chi connectivity index (χ0n) is 8.48. The average molecular weight is 186 g/mol. The predicted octanol–water partition coefficient (Wildman–Crippen LogP) is -0.374. The molecule has 1 fully saturated rings. The molecule has 0 aromatic heterocycles. The van der Waals surface area contributed by atoms with Crippen LogP contribution in [0.2, 0.25) is 0 Å². The monoisotopic (exact) mass is 186 g/mol. The van der Waals surface area contributed by atoms with Gasteiger partial charge in [-0.2, -0.15) is 0 Å². The third kappa shape index (κ3) is 2.19. The highest BCUT2D eigenvalue weighted by Crippen LogP contribution is 2.34. The Morgan fingerprint density at radius 2 is 2.08 bits per heavy atom. The summed E-state index contributed by atoms with van der Waals surface area (Å²) in [5, 5.41) is 14.8. The number of hydrogen-bond donors (Lipinski definition) is 3. The SMILES string of the molecule is CNC(C)(C)C(=O)NC1(CO)CC1. The molecule has 4 nitrogen and oxygen atoms in total. The minimum Gasteiger partial charge on any atom is -0.394 e. The van der Waals surface area contributed by atoms with Gasteiger partial charge >= 0.3 is 0 Å². The molecule has 0 heterocycles. The van der Waals surface area contributed by atoms with E-state index in [1.165, 1.54) is 0 Å². The van der Waals surface area contributed by atoms with E-state index in [1.807, 2.05) is 13.8 Å². The van der Waals surface area contributed by atoms with Crippen molar-refractivity contribution in [3.63, 3.8) is 0 Å². The van der Waals surface area contributed by atoms with Gasteiger partial charge in [-0.05, 0) is 33.7 Å².